The lowest BCUT2D eigenvalue weighted by atomic mass is 10.0. The van der Waals surface area contributed by atoms with Crippen LogP contribution >= 0.6 is 0 Å². The van der Waals surface area contributed by atoms with Gasteiger partial charge in [-0.2, -0.15) is 11.2 Å². The molecule has 3 heteroatoms. The van der Waals surface area contributed by atoms with E-state index in [1.165, 1.54) is 0 Å². The van der Waals surface area contributed by atoms with Crippen LogP contribution in [0.3, 0.4) is 0 Å². The van der Waals surface area contributed by atoms with Crippen molar-refractivity contribution in [2.45, 2.75) is 0 Å². The van der Waals surface area contributed by atoms with Gasteiger partial charge >= 0.3 is 0 Å². The fraction of sp³-hybridized carbons (Fsp3) is 0. The maximum Gasteiger partial charge on any atom is 0.146 e. The fourth-order valence-corrected chi connectivity index (χ4v) is 1.49. The molecule has 0 aliphatic carbocycles. The average molecular weight is 210 g/mol. The van der Waals surface area contributed by atoms with Crippen LogP contribution in [0.5, 0.6) is 5.75 Å². The van der Waals surface area contributed by atoms with Crippen LogP contribution in [0.1, 0.15) is 5.56 Å². The Labute approximate surface area is 93.7 Å². The van der Waals surface area contributed by atoms with Crippen LogP contribution in [-0.4, -0.2) is 0 Å². The fourth-order valence-electron chi connectivity index (χ4n) is 1.49. The van der Waals surface area contributed by atoms with Crippen molar-refractivity contribution in [2.24, 2.45) is 5.90 Å². The summed E-state index contributed by atoms with van der Waals surface area (Å²) in [6.07, 6.45) is 0. The molecule has 0 amide bonds. The molecule has 0 aliphatic rings. The molecule has 3 nitrogen and oxygen atoms in total. The Balaban J connectivity index is 2.39. The van der Waals surface area contributed by atoms with Crippen LogP contribution in [0, 0.1) is 11.3 Å². The van der Waals surface area contributed by atoms with Gasteiger partial charge in [-0.15, -0.1) is 0 Å². The number of hydrogen-bond acceptors (Lipinski definition) is 3. The summed E-state index contributed by atoms with van der Waals surface area (Å²) in [4.78, 5) is 4.60. The molecule has 2 aromatic carbocycles. The molecule has 16 heavy (non-hydrogen) atoms. The Morgan fingerprint density at radius 2 is 1.75 bits per heavy atom. The van der Waals surface area contributed by atoms with E-state index < -0.39 is 0 Å². The lowest BCUT2D eigenvalue weighted by Crippen LogP contribution is -2.01. The highest BCUT2D eigenvalue weighted by molar-refractivity contribution is 5.65. The van der Waals surface area contributed by atoms with E-state index >= 15 is 0 Å². The van der Waals surface area contributed by atoms with Gasteiger partial charge in [0.1, 0.15) is 5.75 Å². The average Bonchev–Trinajstić information content (AvgIpc) is 2.39. The second-order valence-corrected chi connectivity index (χ2v) is 3.33. The SMILES string of the molecule is N#Cc1cccc(-c2ccc(ON)cc2)c1. The Morgan fingerprint density at radius 1 is 1.00 bits per heavy atom. The lowest BCUT2D eigenvalue weighted by molar-refractivity contribution is 0.334. The monoisotopic (exact) mass is 210 g/mol. The molecule has 2 rings (SSSR count). The zero-order valence-corrected chi connectivity index (χ0v) is 8.55. The van der Waals surface area contributed by atoms with E-state index in [1.54, 1.807) is 18.2 Å². The van der Waals surface area contributed by atoms with Crippen LogP contribution in [-0.2, 0) is 0 Å². The zero-order chi connectivity index (χ0) is 11.4. The van der Waals surface area contributed by atoms with E-state index in [0.29, 0.717) is 11.3 Å². The summed E-state index contributed by atoms with van der Waals surface area (Å²) in [5.74, 6) is 5.65. The molecule has 0 unspecified atom stereocenters. The van der Waals surface area contributed by atoms with Crippen molar-refractivity contribution in [1.82, 2.24) is 0 Å². The van der Waals surface area contributed by atoms with Crippen LogP contribution in [0.25, 0.3) is 11.1 Å². The van der Waals surface area contributed by atoms with Crippen molar-refractivity contribution in [3.63, 3.8) is 0 Å². The first-order chi connectivity index (χ1) is 7.83. The lowest BCUT2D eigenvalue weighted by Gasteiger charge is -2.03. The summed E-state index contributed by atoms with van der Waals surface area (Å²) >= 11 is 0. The Bertz CT molecular complexity index is 526. The summed E-state index contributed by atoms with van der Waals surface area (Å²) in [7, 11) is 0. The third-order valence-electron chi connectivity index (χ3n) is 2.32. The first kappa shape index (κ1) is 10.2. The van der Waals surface area contributed by atoms with E-state index in [-0.39, 0.29) is 0 Å². The molecule has 0 spiro atoms. The van der Waals surface area contributed by atoms with E-state index in [2.05, 4.69) is 10.9 Å². The Kier molecular flexibility index (Phi) is 2.86. The van der Waals surface area contributed by atoms with Gasteiger partial charge < -0.3 is 4.84 Å². The molecule has 0 bridgehead atoms. The van der Waals surface area contributed by atoms with Crippen molar-refractivity contribution in [3.05, 3.63) is 54.1 Å². The minimum Gasteiger partial charge on any atom is -0.412 e. The van der Waals surface area contributed by atoms with Gasteiger partial charge in [-0.3, -0.25) is 0 Å². The number of nitriles is 1. The normalized spacial score (nSPS) is 9.50. The van der Waals surface area contributed by atoms with Crippen molar-refractivity contribution in [2.75, 3.05) is 0 Å². The quantitative estimate of drug-likeness (QED) is 0.774. The molecule has 0 saturated carbocycles. The first-order valence-corrected chi connectivity index (χ1v) is 4.81. The van der Waals surface area contributed by atoms with Gasteiger partial charge in [0.2, 0.25) is 0 Å². The molecule has 2 N–H and O–H groups in total. The number of nitrogens with zero attached hydrogens (tertiary/aromatic N) is 1. The molecule has 0 atom stereocenters. The topological polar surface area (TPSA) is 59.0 Å². The van der Waals surface area contributed by atoms with Gasteiger partial charge in [-0.05, 0) is 35.4 Å². The first-order valence-electron chi connectivity index (χ1n) is 4.81. The third-order valence-corrected chi connectivity index (χ3v) is 2.32. The number of hydrogen-bond donors (Lipinski definition) is 1. The van der Waals surface area contributed by atoms with E-state index in [1.807, 2.05) is 30.3 Å². The Morgan fingerprint density at radius 3 is 2.38 bits per heavy atom. The number of rotatable bonds is 2. The summed E-state index contributed by atoms with van der Waals surface area (Å²) in [6.45, 7) is 0. The molecule has 0 fully saturated rings. The van der Waals surface area contributed by atoms with Crippen LogP contribution < -0.4 is 10.7 Å². The molecule has 0 aromatic heterocycles. The molecular weight excluding hydrogens is 200 g/mol. The molecule has 78 valence electrons. The molecule has 0 heterocycles. The van der Waals surface area contributed by atoms with Crippen molar-refractivity contribution >= 4 is 0 Å². The van der Waals surface area contributed by atoms with Crippen LogP contribution in [0.2, 0.25) is 0 Å². The largest absolute Gasteiger partial charge is 0.412 e. The Hall–Kier alpha value is -2.31. The summed E-state index contributed by atoms with van der Waals surface area (Å²) in [5.41, 5.74) is 2.68. The smallest absolute Gasteiger partial charge is 0.146 e. The van der Waals surface area contributed by atoms with Crippen LogP contribution in [0.15, 0.2) is 48.5 Å². The highest BCUT2D eigenvalue weighted by atomic mass is 16.6. The molecule has 0 radical (unpaired) electrons. The second-order valence-electron chi connectivity index (χ2n) is 3.33. The van der Waals surface area contributed by atoms with Gasteiger partial charge in [0.05, 0.1) is 11.6 Å². The number of benzene rings is 2. The summed E-state index contributed by atoms with van der Waals surface area (Å²) in [6, 6.07) is 16.9. The summed E-state index contributed by atoms with van der Waals surface area (Å²) in [5, 5.41) is 8.80. The van der Waals surface area contributed by atoms with Crippen molar-refractivity contribution < 1.29 is 4.84 Å². The molecule has 0 aliphatic heterocycles. The highest BCUT2D eigenvalue weighted by Crippen LogP contribution is 2.22. The predicted octanol–water partition coefficient (Wildman–Crippen LogP) is 2.48. The van der Waals surface area contributed by atoms with Crippen molar-refractivity contribution in [1.29, 1.82) is 5.26 Å². The zero-order valence-electron chi connectivity index (χ0n) is 8.55. The van der Waals surface area contributed by atoms with Crippen LogP contribution in [0.4, 0.5) is 0 Å². The van der Waals surface area contributed by atoms with Gasteiger partial charge in [0.25, 0.3) is 0 Å². The maximum atomic E-state index is 8.80. The standard InChI is InChI=1S/C13H10N2O/c14-9-10-2-1-3-12(8-10)11-4-6-13(16-15)7-5-11/h1-8H,15H2. The predicted molar refractivity (Wildman–Crippen MR) is 61.4 cm³/mol. The van der Waals surface area contributed by atoms with E-state index in [0.717, 1.165) is 11.1 Å². The van der Waals surface area contributed by atoms with Crippen molar-refractivity contribution in [3.8, 4) is 22.9 Å². The minimum absolute atomic E-state index is 0.611. The molecule has 0 saturated heterocycles. The maximum absolute atomic E-state index is 8.80. The second kappa shape index (κ2) is 4.47. The third kappa shape index (κ3) is 2.02. The van der Waals surface area contributed by atoms with E-state index in [9.17, 15) is 0 Å². The van der Waals surface area contributed by atoms with E-state index in [4.69, 9.17) is 11.2 Å². The highest BCUT2D eigenvalue weighted by Gasteiger charge is 1.99. The van der Waals surface area contributed by atoms with Gasteiger partial charge in [0, 0.05) is 0 Å². The molecular formula is C13H10N2O. The number of nitrogens with two attached hydrogens (primary N) is 1. The van der Waals surface area contributed by atoms with Gasteiger partial charge in [-0.1, -0.05) is 24.3 Å². The van der Waals surface area contributed by atoms with Gasteiger partial charge in [0.15, 0.2) is 0 Å². The molecule has 2 aromatic rings. The van der Waals surface area contributed by atoms with Gasteiger partial charge in [-0.25, -0.2) is 0 Å². The summed E-state index contributed by atoms with van der Waals surface area (Å²) < 4.78 is 0. The minimum atomic E-state index is 0.611.